The average Bonchev–Trinajstić information content (AvgIpc) is 2.29. The molecule has 94 valence electrons. The molecule has 0 spiro atoms. The minimum absolute atomic E-state index is 0.297. The third kappa shape index (κ3) is 5.05. The fraction of sp³-hybridized carbons (Fsp3) is 0.917. The molecule has 0 aromatic carbocycles. The molecular weight excluding hydrogens is 206 g/mol. The maximum absolute atomic E-state index is 11.2. The van der Waals surface area contributed by atoms with Gasteiger partial charge < -0.3 is 14.4 Å². The van der Waals surface area contributed by atoms with Crippen LogP contribution in [0.5, 0.6) is 0 Å². The van der Waals surface area contributed by atoms with E-state index in [0.717, 1.165) is 39.1 Å². The maximum Gasteiger partial charge on any atom is 0.133 e. The summed E-state index contributed by atoms with van der Waals surface area (Å²) in [4.78, 5) is 13.5. The minimum Gasteiger partial charge on any atom is -0.382 e. The zero-order valence-corrected chi connectivity index (χ0v) is 10.4. The van der Waals surface area contributed by atoms with Crippen molar-refractivity contribution >= 4 is 5.78 Å². The molecule has 1 saturated heterocycles. The largest absolute Gasteiger partial charge is 0.382 e. The van der Waals surface area contributed by atoms with Gasteiger partial charge in [-0.2, -0.15) is 0 Å². The second kappa shape index (κ2) is 7.76. The summed E-state index contributed by atoms with van der Waals surface area (Å²) in [5, 5.41) is 0. The summed E-state index contributed by atoms with van der Waals surface area (Å²) in [6, 6.07) is 0. The first kappa shape index (κ1) is 13.6. The number of carbonyl (C=O) groups excluding carboxylic acids is 1. The van der Waals surface area contributed by atoms with Crippen molar-refractivity contribution in [3.05, 3.63) is 0 Å². The molecule has 0 aromatic heterocycles. The predicted octanol–water partition coefficient (Wildman–Crippen LogP) is 0.950. The van der Waals surface area contributed by atoms with E-state index in [-0.39, 0.29) is 0 Å². The van der Waals surface area contributed by atoms with Crippen molar-refractivity contribution in [2.75, 3.05) is 46.6 Å². The lowest BCUT2D eigenvalue weighted by atomic mass is 9.93. The molecule has 0 radical (unpaired) electrons. The summed E-state index contributed by atoms with van der Waals surface area (Å²) in [7, 11) is 1.68. The van der Waals surface area contributed by atoms with Crippen molar-refractivity contribution in [2.45, 2.75) is 19.8 Å². The Kier molecular flexibility index (Phi) is 6.61. The maximum atomic E-state index is 11.2. The van der Waals surface area contributed by atoms with E-state index in [4.69, 9.17) is 9.47 Å². The molecule has 0 bridgehead atoms. The van der Waals surface area contributed by atoms with E-state index in [9.17, 15) is 4.79 Å². The van der Waals surface area contributed by atoms with Crippen LogP contribution >= 0.6 is 0 Å². The third-order valence-corrected chi connectivity index (χ3v) is 3.15. The summed E-state index contributed by atoms with van der Waals surface area (Å²) >= 11 is 0. The van der Waals surface area contributed by atoms with Crippen molar-refractivity contribution in [3.63, 3.8) is 0 Å². The second-order valence-corrected chi connectivity index (χ2v) is 4.33. The van der Waals surface area contributed by atoms with Gasteiger partial charge in [0.1, 0.15) is 5.78 Å². The van der Waals surface area contributed by atoms with Crippen LogP contribution in [0.15, 0.2) is 0 Å². The summed E-state index contributed by atoms with van der Waals surface area (Å²) in [5.41, 5.74) is 0. The number of methoxy groups -OCH3 is 1. The zero-order chi connectivity index (χ0) is 11.8. The molecule has 16 heavy (non-hydrogen) atoms. The van der Waals surface area contributed by atoms with E-state index >= 15 is 0 Å². The van der Waals surface area contributed by atoms with Crippen molar-refractivity contribution < 1.29 is 14.3 Å². The molecule has 4 nitrogen and oxygen atoms in total. The lowest BCUT2D eigenvalue weighted by Crippen LogP contribution is -2.37. The SMILES string of the molecule is COCCOCCN1CCC(C(C)=O)CC1. The number of carbonyl (C=O) groups is 1. The fourth-order valence-electron chi connectivity index (χ4n) is 2.00. The van der Waals surface area contributed by atoms with Gasteiger partial charge in [-0.05, 0) is 32.9 Å². The Bertz CT molecular complexity index is 200. The smallest absolute Gasteiger partial charge is 0.133 e. The number of hydrogen-bond donors (Lipinski definition) is 0. The highest BCUT2D eigenvalue weighted by Gasteiger charge is 2.21. The van der Waals surface area contributed by atoms with E-state index < -0.39 is 0 Å². The molecule has 1 aliphatic rings. The number of ketones is 1. The molecule has 4 heteroatoms. The Balaban J connectivity index is 2.02. The van der Waals surface area contributed by atoms with E-state index in [1.54, 1.807) is 14.0 Å². The van der Waals surface area contributed by atoms with Crippen molar-refractivity contribution in [1.82, 2.24) is 4.90 Å². The van der Waals surface area contributed by atoms with Crippen LogP contribution in [0.1, 0.15) is 19.8 Å². The molecule has 1 fully saturated rings. The summed E-state index contributed by atoms with van der Waals surface area (Å²) in [6.07, 6.45) is 2.01. The zero-order valence-electron chi connectivity index (χ0n) is 10.4. The molecule has 0 amide bonds. The molecule has 0 aromatic rings. The lowest BCUT2D eigenvalue weighted by Gasteiger charge is -2.30. The van der Waals surface area contributed by atoms with Gasteiger partial charge in [0, 0.05) is 19.6 Å². The van der Waals surface area contributed by atoms with Crippen LogP contribution in [0.4, 0.5) is 0 Å². The Morgan fingerprint density at radius 1 is 1.25 bits per heavy atom. The highest BCUT2D eigenvalue weighted by Crippen LogP contribution is 2.17. The molecule has 0 unspecified atom stereocenters. The highest BCUT2D eigenvalue weighted by atomic mass is 16.5. The quantitative estimate of drug-likeness (QED) is 0.609. The number of piperidine rings is 1. The van der Waals surface area contributed by atoms with Crippen LogP contribution in [0.3, 0.4) is 0 Å². The van der Waals surface area contributed by atoms with Crippen LogP contribution in [0, 0.1) is 5.92 Å². The van der Waals surface area contributed by atoms with Crippen molar-refractivity contribution in [3.8, 4) is 0 Å². The number of hydrogen-bond acceptors (Lipinski definition) is 4. The number of likely N-dealkylation sites (tertiary alicyclic amines) is 1. The Morgan fingerprint density at radius 3 is 2.50 bits per heavy atom. The monoisotopic (exact) mass is 229 g/mol. The van der Waals surface area contributed by atoms with Crippen molar-refractivity contribution in [1.29, 1.82) is 0 Å². The van der Waals surface area contributed by atoms with Crippen molar-refractivity contribution in [2.24, 2.45) is 5.92 Å². The number of Topliss-reactive ketones (excluding diaryl/α,β-unsaturated/α-hetero) is 1. The van der Waals surface area contributed by atoms with Crippen LogP contribution in [-0.2, 0) is 14.3 Å². The predicted molar refractivity (Wildman–Crippen MR) is 62.5 cm³/mol. The molecule has 0 saturated carbocycles. The second-order valence-electron chi connectivity index (χ2n) is 4.33. The van der Waals surface area contributed by atoms with Gasteiger partial charge in [-0.15, -0.1) is 0 Å². The van der Waals surface area contributed by atoms with Gasteiger partial charge in [-0.1, -0.05) is 0 Å². The van der Waals surface area contributed by atoms with Gasteiger partial charge >= 0.3 is 0 Å². The number of nitrogens with zero attached hydrogens (tertiary/aromatic N) is 1. The molecule has 0 aliphatic carbocycles. The standard InChI is InChI=1S/C12H23NO3/c1-11(14)12-3-5-13(6-4-12)7-8-16-10-9-15-2/h12H,3-10H2,1-2H3. The Hall–Kier alpha value is -0.450. The van der Waals surface area contributed by atoms with E-state index in [2.05, 4.69) is 4.90 Å². The van der Waals surface area contributed by atoms with Gasteiger partial charge in [0.15, 0.2) is 0 Å². The topological polar surface area (TPSA) is 38.8 Å². The first-order valence-corrected chi connectivity index (χ1v) is 6.03. The first-order valence-electron chi connectivity index (χ1n) is 6.03. The molecule has 0 N–H and O–H groups in total. The van der Waals surface area contributed by atoms with Gasteiger partial charge in [0.25, 0.3) is 0 Å². The van der Waals surface area contributed by atoms with Crippen LogP contribution in [0.25, 0.3) is 0 Å². The Morgan fingerprint density at radius 2 is 1.94 bits per heavy atom. The summed E-state index contributed by atoms with van der Waals surface area (Å²) < 4.78 is 10.3. The molecule has 1 heterocycles. The first-order chi connectivity index (χ1) is 7.74. The lowest BCUT2D eigenvalue weighted by molar-refractivity contribution is -0.122. The highest BCUT2D eigenvalue weighted by molar-refractivity contribution is 5.78. The summed E-state index contributed by atoms with van der Waals surface area (Å²) in [5.74, 6) is 0.640. The molecule has 1 aliphatic heterocycles. The van der Waals surface area contributed by atoms with E-state index in [1.807, 2.05) is 0 Å². The van der Waals surface area contributed by atoms with Crippen LogP contribution in [0.2, 0.25) is 0 Å². The van der Waals surface area contributed by atoms with Gasteiger partial charge in [-0.3, -0.25) is 4.79 Å². The average molecular weight is 229 g/mol. The van der Waals surface area contributed by atoms with Crippen LogP contribution < -0.4 is 0 Å². The fourth-order valence-corrected chi connectivity index (χ4v) is 2.00. The normalized spacial score (nSPS) is 18.9. The minimum atomic E-state index is 0.297. The van der Waals surface area contributed by atoms with Gasteiger partial charge in [0.05, 0.1) is 19.8 Å². The van der Waals surface area contributed by atoms with E-state index in [1.165, 1.54) is 0 Å². The Labute approximate surface area is 97.9 Å². The number of ether oxygens (including phenoxy) is 2. The molecule has 1 rings (SSSR count). The number of rotatable bonds is 7. The van der Waals surface area contributed by atoms with Gasteiger partial charge in [-0.25, -0.2) is 0 Å². The third-order valence-electron chi connectivity index (χ3n) is 3.15. The van der Waals surface area contributed by atoms with E-state index in [0.29, 0.717) is 24.9 Å². The van der Waals surface area contributed by atoms with Crippen LogP contribution in [-0.4, -0.2) is 57.2 Å². The molecular formula is C12H23NO3. The van der Waals surface area contributed by atoms with Gasteiger partial charge in [0.2, 0.25) is 0 Å². The molecule has 0 atom stereocenters. The summed E-state index contributed by atoms with van der Waals surface area (Å²) in [6.45, 7) is 6.80.